The summed E-state index contributed by atoms with van der Waals surface area (Å²) in [7, 11) is 0. The van der Waals surface area contributed by atoms with E-state index < -0.39 is 0 Å². The van der Waals surface area contributed by atoms with Crippen molar-refractivity contribution in [1.29, 1.82) is 0 Å². The van der Waals surface area contributed by atoms with Crippen molar-refractivity contribution in [2.75, 3.05) is 0 Å². The van der Waals surface area contributed by atoms with E-state index in [9.17, 15) is 0 Å². The summed E-state index contributed by atoms with van der Waals surface area (Å²) in [6.07, 6.45) is 8.69. The summed E-state index contributed by atoms with van der Waals surface area (Å²) in [6, 6.07) is 0. The molecule has 0 bridgehead atoms. The van der Waals surface area contributed by atoms with E-state index in [1.807, 2.05) is 6.21 Å². The SMILES string of the molecule is CC1=CC2SN=CC2C=C1. The second kappa shape index (κ2) is 2.27. The van der Waals surface area contributed by atoms with E-state index >= 15 is 0 Å². The first kappa shape index (κ1) is 6.23. The van der Waals surface area contributed by atoms with Gasteiger partial charge in [-0.3, -0.25) is 0 Å². The molecule has 2 atom stereocenters. The maximum absolute atomic E-state index is 4.16. The van der Waals surface area contributed by atoms with Crippen LogP contribution >= 0.6 is 11.9 Å². The van der Waals surface area contributed by atoms with Crippen molar-refractivity contribution < 1.29 is 0 Å². The van der Waals surface area contributed by atoms with Gasteiger partial charge in [-0.05, 0) is 18.9 Å². The molecule has 0 saturated carbocycles. The molecule has 0 saturated heterocycles. The zero-order valence-corrected chi connectivity index (χ0v) is 6.64. The fourth-order valence-electron chi connectivity index (χ4n) is 1.21. The maximum Gasteiger partial charge on any atom is 0.0564 e. The minimum Gasteiger partial charge on any atom is -0.228 e. The normalized spacial score (nSPS) is 35.9. The van der Waals surface area contributed by atoms with E-state index in [1.165, 1.54) is 5.57 Å². The van der Waals surface area contributed by atoms with Crippen molar-refractivity contribution in [3.8, 4) is 0 Å². The molecule has 1 nitrogen and oxygen atoms in total. The van der Waals surface area contributed by atoms with Gasteiger partial charge >= 0.3 is 0 Å². The Bertz CT molecular complexity index is 227. The van der Waals surface area contributed by atoms with Gasteiger partial charge in [0.25, 0.3) is 0 Å². The van der Waals surface area contributed by atoms with Gasteiger partial charge in [0.1, 0.15) is 0 Å². The molecule has 52 valence electrons. The Morgan fingerprint density at radius 1 is 1.60 bits per heavy atom. The third-order valence-corrected chi connectivity index (χ3v) is 2.74. The van der Waals surface area contributed by atoms with Crippen LogP contribution in [-0.4, -0.2) is 11.5 Å². The Morgan fingerprint density at radius 2 is 2.50 bits per heavy atom. The lowest BCUT2D eigenvalue weighted by Crippen LogP contribution is -2.11. The van der Waals surface area contributed by atoms with Crippen LogP contribution in [0.3, 0.4) is 0 Å². The lowest BCUT2D eigenvalue weighted by atomic mass is 9.98. The predicted octanol–water partition coefficient (Wildman–Crippen LogP) is 2.22. The Morgan fingerprint density at radius 3 is 3.40 bits per heavy atom. The Balaban J connectivity index is 2.25. The molecule has 2 unspecified atom stereocenters. The van der Waals surface area contributed by atoms with E-state index in [-0.39, 0.29) is 0 Å². The van der Waals surface area contributed by atoms with Crippen molar-refractivity contribution in [3.05, 3.63) is 23.8 Å². The summed E-state index contributed by atoms with van der Waals surface area (Å²) >= 11 is 1.67. The van der Waals surface area contributed by atoms with E-state index in [0.717, 1.165) is 0 Å². The van der Waals surface area contributed by atoms with Crippen molar-refractivity contribution >= 4 is 18.2 Å². The van der Waals surface area contributed by atoms with Crippen LogP contribution in [-0.2, 0) is 0 Å². The number of hydrogen-bond acceptors (Lipinski definition) is 2. The van der Waals surface area contributed by atoms with Gasteiger partial charge in [-0.15, -0.1) is 0 Å². The first-order chi connectivity index (χ1) is 4.86. The Labute approximate surface area is 65.1 Å². The average molecular weight is 151 g/mol. The highest BCUT2D eigenvalue weighted by atomic mass is 32.2. The van der Waals surface area contributed by atoms with Gasteiger partial charge in [-0.2, -0.15) is 0 Å². The molecule has 1 aliphatic carbocycles. The van der Waals surface area contributed by atoms with E-state index in [0.29, 0.717) is 11.2 Å². The number of allylic oxidation sites excluding steroid dienone is 3. The fraction of sp³-hybridized carbons (Fsp3) is 0.375. The molecular formula is C8H9NS. The molecule has 0 aromatic carbocycles. The molecule has 0 spiro atoms. The molecule has 2 rings (SSSR count). The van der Waals surface area contributed by atoms with Crippen molar-refractivity contribution in [2.24, 2.45) is 10.3 Å². The van der Waals surface area contributed by atoms with Crippen LogP contribution < -0.4 is 0 Å². The second-order valence-electron chi connectivity index (χ2n) is 2.67. The molecular weight excluding hydrogens is 142 g/mol. The standard InChI is InChI=1S/C8H9NS/c1-6-2-3-7-5-9-10-8(7)4-6/h2-5,7-8H,1H3. The first-order valence-electron chi connectivity index (χ1n) is 3.42. The number of rotatable bonds is 0. The Kier molecular flexibility index (Phi) is 1.42. The molecule has 0 amide bonds. The van der Waals surface area contributed by atoms with Crippen LogP contribution in [0.15, 0.2) is 28.2 Å². The minimum absolute atomic E-state index is 0.564. The van der Waals surface area contributed by atoms with Crippen molar-refractivity contribution in [2.45, 2.75) is 12.2 Å². The minimum atomic E-state index is 0.564. The molecule has 10 heavy (non-hydrogen) atoms. The lowest BCUT2D eigenvalue weighted by molar-refractivity contribution is 0.913. The third-order valence-electron chi connectivity index (χ3n) is 1.80. The van der Waals surface area contributed by atoms with E-state index in [2.05, 4.69) is 29.5 Å². The average Bonchev–Trinajstić information content (AvgIpc) is 2.33. The van der Waals surface area contributed by atoms with Crippen molar-refractivity contribution in [1.82, 2.24) is 0 Å². The molecule has 1 aliphatic heterocycles. The topological polar surface area (TPSA) is 12.4 Å². The van der Waals surface area contributed by atoms with Crippen LogP contribution in [0.2, 0.25) is 0 Å². The van der Waals surface area contributed by atoms with Gasteiger partial charge in [0.15, 0.2) is 0 Å². The van der Waals surface area contributed by atoms with Crippen molar-refractivity contribution in [3.63, 3.8) is 0 Å². The summed E-state index contributed by atoms with van der Waals surface area (Å²) in [5, 5.41) is 0.588. The van der Waals surface area contributed by atoms with Crippen LogP contribution in [0.5, 0.6) is 0 Å². The molecule has 1 heterocycles. The van der Waals surface area contributed by atoms with Crippen LogP contribution in [0.25, 0.3) is 0 Å². The predicted molar refractivity (Wildman–Crippen MR) is 46.3 cm³/mol. The van der Waals surface area contributed by atoms with Gasteiger partial charge in [-0.1, -0.05) is 23.8 Å². The molecule has 0 aromatic rings. The van der Waals surface area contributed by atoms with E-state index in [4.69, 9.17) is 0 Å². The monoisotopic (exact) mass is 151 g/mol. The zero-order valence-electron chi connectivity index (χ0n) is 5.82. The molecule has 0 fully saturated rings. The highest BCUT2D eigenvalue weighted by molar-refractivity contribution is 7.99. The zero-order chi connectivity index (χ0) is 6.97. The third kappa shape index (κ3) is 0.926. The number of fused-ring (bicyclic) bond motifs is 1. The molecule has 0 radical (unpaired) electrons. The van der Waals surface area contributed by atoms with Crippen LogP contribution in [0.1, 0.15) is 6.92 Å². The van der Waals surface area contributed by atoms with Gasteiger partial charge in [0.2, 0.25) is 0 Å². The lowest BCUT2D eigenvalue weighted by Gasteiger charge is -2.13. The largest absolute Gasteiger partial charge is 0.228 e. The van der Waals surface area contributed by atoms with Gasteiger partial charge in [0, 0.05) is 12.1 Å². The van der Waals surface area contributed by atoms with Gasteiger partial charge < -0.3 is 0 Å². The fourth-order valence-corrected chi connectivity index (χ4v) is 2.14. The second-order valence-corrected chi connectivity index (χ2v) is 3.64. The quantitative estimate of drug-likeness (QED) is 0.483. The van der Waals surface area contributed by atoms with Crippen LogP contribution in [0.4, 0.5) is 0 Å². The summed E-state index contributed by atoms with van der Waals surface area (Å²) in [5.74, 6) is 0.564. The van der Waals surface area contributed by atoms with Crippen LogP contribution in [0, 0.1) is 5.92 Å². The maximum atomic E-state index is 4.16. The first-order valence-corrected chi connectivity index (χ1v) is 4.26. The smallest absolute Gasteiger partial charge is 0.0564 e. The van der Waals surface area contributed by atoms with Gasteiger partial charge in [-0.25, -0.2) is 4.40 Å². The Hall–Kier alpha value is -0.500. The summed E-state index contributed by atoms with van der Waals surface area (Å²) in [5.41, 5.74) is 1.36. The van der Waals surface area contributed by atoms with Gasteiger partial charge in [0.05, 0.1) is 5.25 Å². The van der Waals surface area contributed by atoms with E-state index in [1.54, 1.807) is 11.9 Å². The molecule has 2 heteroatoms. The highest BCUT2D eigenvalue weighted by Gasteiger charge is 2.22. The molecule has 0 aromatic heterocycles. The number of nitrogens with zero attached hydrogens (tertiary/aromatic N) is 1. The molecule has 2 aliphatic rings. The summed E-state index contributed by atoms with van der Waals surface area (Å²) in [6.45, 7) is 2.13. The molecule has 0 N–H and O–H groups in total. The summed E-state index contributed by atoms with van der Waals surface area (Å²) in [4.78, 5) is 0. The summed E-state index contributed by atoms with van der Waals surface area (Å²) < 4.78 is 4.16. The highest BCUT2D eigenvalue weighted by Crippen LogP contribution is 2.32. The number of hydrogen-bond donors (Lipinski definition) is 0.